The summed E-state index contributed by atoms with van der Waals surface area (Å²) in [7, 11) is 1.59. The molecule has 3 rings (SSSR count). The average molecular weight is 367 g/mol. The van der Waals surface area contributed by atoms with E-state index < -0.39 is 0 Å². The molecule has 27 heavy (non-hydrogen) atoms. The molecule has 1 fully saturated rings. The SMILES string of the molecule is COc1ccc(NC(=O)c2ccccc2NC(=O)C2CCCC(N)C2)cc1. The molecule has 142 valence electrons. The summed E-state index contributed by atoms with van der Waals surface area (Å²) in [6, 6.07) is 14.2. The molecule has 0 bridgehead atoms. The summed E-state index contributed by atoms with van der Waals surface area (Å²) in [5, 5.41) is 5.75. The number of methoxy groups -OCH3 is 1. The van der Waals surface area contributed by atoms with Crippen LogP contribution in [0.3, 0.4) is 0 Å². The fourth-order valence-electron chi connectivity index (χ4n) is 3.36. The van der Waals surface area contributed by atoms with E-state index in [0.29, 0.717) is 29.1 Å². The Morgan fingerprint density at radius 3 is 2.48 bits per heavy atom. The number of carbonyl (C=O) groups is 2. The molecule has 0 aliphatic heterocycles. The molecule has 1 aliphatic carbocycles. The van der Waals surface area contributed by atoms with Crippen LogP contribution in [0, 0.1) is 5.92 Å². The normalized spacial score (nSPS) is 19.2. The number of benzene rings is 2. The molecular weight excluding hydrogens is 342 g/mol. The van der Waals surface area contributed by atoms with Crippen molar-refractivity contribution in [3.8, 4) is 5.75 Å². The summed E-state index contributed by atoms with van der Waals surface area (Å²) in [5.41, 5.74) is 7.57. The van der Waals surface area contributed by atoms with Gasteiger partial charge in [-0.3, -0.25) is 9.59 Å². The number of anilines is 2. The van der Waals surface area contributed by atoms with Gasteiger partial charge in [0.25, 0.3) is 5.91 Å². The maximum atomic E-state index is 12.7. The minimum Gasteiger partial charge on any atom is -0.497 e. The highest BCUT2D eigenvalue weighted by Crippen LogP contribution is 2.26. The lowest BCUT2D eigenvalue weighted by atomic mass is 9.85. The Bertz CT molecular complexity index is 805. The standard InChI is InChI=1S/C21H25N3O3/c1-27-17-11-9-16(10-12-17)23-21(26)18-7-2-3-8-19(18)24-20(25)14-5-4-6-15(22)13-14/h2-3,7-12,14-15H,4-6,13,22H2,1H3,(H,23,26)(H,24,25). The Kier molecular flexibility index (Phi) is 6.08. The molecule has 0 spiro atoms. The van der Waals surface area contributed by atoms with Crippen molar-refractivity contribution >= 4 is 23.2 Å². The van der Waals surface area contributed by atoms with E-state index in [1.807, 2.05) is 0 Å². The van der Waals surface area contributed by atoms with E-state index in [2.05, 4.69) is 10.6 Å². The number of rotatable bonds is 5. The number of carbonyl (C=O) groups excluding carboxylic acids is 2. The van der Waals surface area contributed by atoms with Gasteiger partial charge in [0.1, 0.15) is 5.75 Å². The first kappa shape index (κ1) is 18.9. The zero-order valence-electron chi connectivity index (χ0n) is 15.4. The van der Waals surface area contributed by atoms with Crippen molar-refractivity contribution in [2.24, 2.45) is 11.7 Å². The molecule has 0 saturated heterocycles. The largest absolute Gasteiger partial charge is 0.497 e. The quantitative estimate of drug-likeness (QED) is 0.755. The molecule has 1 saturated carbocycles. The molecule has 2 unspecified atom stereocenters. The second-order valence-electron chi connectivity index (χ2n) is 6.84. The van der Waals surface area contributed by atoms with Gasteiger partial charge in [0.15, 0.2) is 0 Å². The Morgan fingerprint density at radius 2 is 1.78 bits per heavy atom. The van der Waals surface area contributed by atoms with E-state index >= 15 is 0 Å². The maximum Gasteiger partial charge on any atom is 0.257 e. The Balaban J connectivity index is 1.70. The number of hydrogen-bond donors (Lipinski definition) is 3. The molecule has 0 aromatic heterocycles. The first-order valence-corrected chi connectivity index (χ1v) is 9.17. The van der Waals surface area contributed by atoms with Gasteiger partial charge in [0.2, 0.25) is 5.91 Å². The van der Waals surface area contributed by atoms with Crippen molar-refractivity contribution < 1.29 is 14.3 Å². The number of amides is 2. The summed E-state index contributed by atoms with van der Waals surface area (Å²) in [4.78, 5) is 25.3. The Hall–Kier alpha value is -2.86. The van der Waals surface area contributed by atoms with Gasteiger partial charge >= 0.3 is 0 Å². The second kappa shape index (κ2) is 8.68. The zero-order chi connectivity index (χ0) is 19.2. The average Bonchev–Trinajstić information content (AvgIpc) is 2.69. The second-order valence-corrected chi connectivity index (χ2v) is 6.84. The number of hydrogen-bond acceptors (Lipinski definition) is 4. The Morgan fingerprint density at radius 1 is 1.04 bits per heavy atom. The number of nitrogens with two attached hydrogens (primary N) is 1. The van der Waals surface area contributed by atoms with Crippen LogP contribution in [-0.2, 0) is 4.79 Å². The van der Waals surface area contributed by atoms with Crippen molar-refractivity contribution in [1.29, 1.82) is 0 Å². The first-order chi connectivity index (χ1) is 13.1. The highest BCUT2D eigenvalue weighted by atomic mass is 16.5. The number of para-hydroxylation sites is 1. The van der Waals surface area contributed by atoms with E-state index in [1.165, 1.54) is 0 Å². The van der Waals surface area contributed by atoms with Gasteiger partial charge in [-0.25, -0.2) is 0 Å². The summed E-state index contributed by atoms with van der Waals surface area (Å²) >= 11 is 0. The molecule has 2 aromatic carbocycles. The van der Waals surface area contributed by atoms with Gasteiger partial charge in [-0.1, -0.05) is 18.6 Å². The van der Waals surface area contributed by atoms with Gasteiger partial charge in [-0.2, -0.15) is 0 Å². The fourth-order valence-corrected chi connectivity index (χ4v) is 3.36. The van der Waals surface area contributed by atoms with E-state index in [0.717, 1.165) is 19.3 Å². The molecule has 6 nitrogen and oxygen atoms in total. The van der Waals surface area contributed by atoms with Gasteiger partial charge in [-0.05, 0) is 55.7 Å². The molecule has 4 N–H and O–H groups in total. The van der Waals surface area contributed by atoms with Crippen LogP contribution >= 0.6 is 0 Å². The van der Waals surface area contributed by atoms with Crippen LogP contribution in [0.15, 0.2) is 48.5 Å². The third kappa shape index (κ3) is 4.86. The van der Waals surface area contributed by atoms with Crippen LogP contribution in [0.4, 0.5) is 11.4 Å². The molecule has 0 heterocycles. The predicted molar refractivity (Wildman–Crippen MR) is 106 cm³/mol. The van der Waals surface area contributed by atoms with Crippen molar-refractivity contribution in [2.75, 3.05) is 17.7 Å². The fraction of sp³-hybridized carbons (Fsp3) is 0.333. The lowest BCUT2D eigenvalue weighted by molar-refractivity contribution is -0.120. The van der Waals surface area contributed by atoms with E-state index in [4.69, 9.17) is 10.5 Å². The topological polar surface area (TPSA) is 93.5 Å². The third-order valence-electron chi connectivity index (χ3n) is 4.86. The van der Waals surface area contributed by atoms with Crippen molar-refractivity contribution in [1.82, 2.24) is 0 Å². The van der Waals surface area contributed by atoms with Crippen LogP contribution in [0.1, 0.15) is 36.0 Å². The van der Waals surface area contributed by atoms with Crippen LogP contribution in [0.5, 0.6) is 5.75 Å². The summed E-state index contributed by atoms with van der Waals surface area (Å²) in [6.45, 7) is 0. The Labute approximate surface area is 159 Å². The molecule has 2 atom stereocenters. The van der Waals surface area contributed by atoms with E-state index in [-0.39, 0.29) is 23.8 Å². The van der Waals surface area contributed by atoms with Crippen LogP contribution in [0.2, 0.25) is 0 Å². The lowest BCUT2D eigenvalue weighted by Crippen LogP contribution is -2.34. The maximum absolute atomic E-state index is 12.7. The van der Waals surface area contributed by atoms with Crippen LogP contribution in [-0.4, -0.2) is 25.0 Å². The van der Waals surface area contributed by atoms with Crippen LogP contribution < -0.4 is 21.1 Å². The monoisotopic (exact) mass is 367 g/mol. The molecule has 1 aliphatic rings. The van der Waals surface area contributed by atoms with Crippen molar-refractivity contribution in [2.45, 2.75) is 31.7 Å². The van der Waals surface area contributed by atoms with E-state index in [1.54, 1.807) is 55.6 Å². The van der Waals surface area contributed by atoms with Gasteiger partial charge in [0.05, 0.1) is 18.4 Å². The van der Waals surface area contributed by atoms with Gasteiger partial charge in [0, 0.05) is 17.6 Å². The first-order valence-electron chi connectivity index (χ1n) is 9.17. The highest BCUT2D eigenvalue weighted by molar-refractivity contribution is 6.10. The third-order valence-corrected chi connectivity index (χ3v) is 4.86. The minimum atomic E-state index is -0.281. The number of ether oxygens (including phenoxy) is 1. The molecule has 2 amide bonds. The molecule has 6 heteroatoms. The molecular formula is C21H25N3O3. The molecule has 2 aromatic rings. The van der Waals surface area contributed by atoms with Gasteiger partial charge < -0.3 is 21.1 Å². The summed E-state index contributed by atoms with van der Waals surface area (Å²) < 4.78 is 5.12. The predicted octanol–water partition coefficient (Wildman–Crippen LogP) is 3.40. The summed E-state index contributed by atoms with van der Waals surface area (Å²) in [6.07, 6.45) is 3.44. The lowest BCUT2D eigenvalue weighted by Gasteiger charge is -2.26. The minimum absolute atomic E-state index is 0.0723. The van der Waals surface area contributed by atoms with E-state index in [9.17, 15) is 9.59 Å². The highest BCUT2D eigenvalue weighted by Gasteiger charge is 2.26. The van der Waals surface area contributed by atoms with Crippen molar-refractivity contribution in [3.63, 3.8) is 0 Å². The van der Waals surface area contributed by atoms with Gasteiger partial charge in [-0.15, -0.1) is 0 Å². The van der Waals surface area contributed by atoms with Crippen LogP contribution in [0.25, 0.3) is 0 Å². The molecule has 0 radical (unpaired) electrons. The summed E-state index contributed by atoms with van der Waals surface area (Å²) in [5.74, 6) is 0.254. The van der Waals surface area contributed by atoms with Crippen molar-refractivity contribution in [3.05, 3.63) is 54.1 Å². The smallest absolute Gasteiger partial charge is 0.257 e. The zero-order valence-corrected chi connectivity index (χ0v) is 15.4. The number of nitrogens with one attached hydrogen (secondary N) is 2.